The molecule has 1 saturated heterocycles. The Morgan fingerprint density at radius 1 is 1.21 bits per heavy atom. The van der Waals surface area contributed by atoms with Gasteiger partial charge in [0.25, 0.3) is 0 Å². The third kappa shape index (κ3) is 3.89. The molecule has 1 aromatic rings. The number of hydrogen-bond acceptors (Lipinski definition) is 3. The Kier molecular flexibility index (Phi) is 5.16. The van der Waals surface area contributed by atoms with Crippen LogP contribution in [0.4, 0.5) is 4.39 Å². The number of hydrogen-bond donors (Lipinski definition) is 1. The molecule has 0 radical (unpaired) electrons. The zero-order chi connectivity index (χ0) is 13.8. The first-order chi connectivity index (χ1) is 9.10. The van der Waals surface area contributed by atoms with E-state index in [0.717, 1.165) is 38.3 Å². The summed E-state index contributed by atoms with van der Waals surface area (Å²) in [7, 11) is 0. The maximum absolute atomic E-state index is 13.6. The quantitative estimate of drug-likeness (QED) is 0.917. The van der Waals surface area contributed by atoms with Crippen LogP contribution in [0.5, 0.6) is 0 Å². The van der Waals surface area contributed by atoms with E-state index in [0.29, 0.717) is 23.7 Å². The van der Waals surface area contributed by atoms with Crippen molar-refractivity contribution in [1.82, 2.24) is 9.80 Å². The van der Waals surface area contributed by atoms with Crippen LogP contribution in [0, 0.1) is 12.7 Å². The molecule has 0 bridgehead atoms. The van der Waals surface area contributed by atoms with Gasteiger partial charge in [-0.05, 0) is 30.2 Å². The van der Waals surface area contributed by atoms with Gasteiger partial charge in [0.1, 0.15) is 5.82 Å². The standard InChI is InChI=1S/C14H21ClFN3/c1-11-8-13(15)12(9-14(11)16)10-19-6-4-18(3-2-17)5-7-19/h8-9H,2-7,10,17H2,1H3. The first kappa shape index (κ1) is 14.7. The molecule has 1 aliphatic rings. The molecule has 0 aliphatic carbocycles. The summed E-state index contributed by atoms with van der Waals surface area (Å²) in [5.74, 6) is -0.179. The summed E-state index contributed by atoms with van der Waals surface area (Å²) in [5, 5.41) is 0.656. The summed E-state index contributed by atoms with van der Waals surface area (Å²) in [6.45, 7) is 8.09. The molecule has 0 atom stereocenters. The van der Waals surface area contributed by atoms with Crippen LogP contribution in [0.2, 0.25) is 5.02 Å². The molecular weight excluding hydrogens is 265 g/mol. The van der Waals surface area contributed by atoms with Crippen LogP contribution in [0.3, 0.4) is 0 Å². The highest BCUT2D eigenvalue weighted by Gasteiger charge is 2.17. The fourth-order valence-corrected chi connectivity index (χ4v) is 2.68. The van der Waals surface area contributed by atoms with E-state index >= 15 is 0 Å². The minimum atomic E-state index is -0.179. The normalized spacial score (nSPS) is 17.9. The Balaban J connectivity index is 1.94. The number of benzene rings is 1. The van der Waals surface area contributed by atoms with Gasteiger partial charge in [-0.2, -0.15) is 0 Å². The molecule has 0 saturated carbocycles. The van der Waals surface area contributed by atoms with Gasteiger partial charge in [-0.15, -0.1) is 0 Å². The number of aryl methyl sites for hydroxylation is 1. The Morgan fingerprint density at radius 2 is 1.84 bits per heavy atom. The summed E-state index contributed by atoms with van der Waals surface area (Å²) in [6.07, 6.45) is 0. The second kappa shape index (κ2) is 6.66. The third-order valence-corrected chi connectivity index (χ3v) is 3.98. The van der Waals surface area contributed by atoms with Crippen LogP contribution in [0.1, 0.15) is 11.1 Å². The van der Waals surface area contributed by atoms with E-state index in [1.807, 2.05) is 0 Å². The van der Waals surface area contributed by atoms with E-state index in [9.17, 15) is 4.39 Å². The van der Waals surface area contributed by atoms with E-state index in [1.165, 1.54) is 0 Å². The monoisotopic (exact) mass is 285 g/mol. The lowest BCUT2D eigenvalue weighted by Crippen LogP contribution is -2.47. The molecule has 0 spiro atoms. The van der Waals surface area contributed by atoms with E-state index in [-0.39, 0.29) is 5.82 Å². The Labute approximate surface area is 119 Å². The van der Waals surface area contributed by atoms with Crippen LogP contribution in [0.15, 0.2) is 12.1 Å². The summed E-state index contributed by atoms with van der Waals surface area (Å²) >= 11 is 6.18. The van der Waals surface area contributed by atoms with Gasteiger partial charge in [0, 0.05) is 50.8 Å². The molecule has 0 aromatic heterocycles. The smallest absolute Gasteiger partial charge is 0.126 e. The van der Waals surface area contributed by atoms with Crippen LogP contribution in [-0.2, 0) is 6.54 Å². The van der Waals surface area contributed by atoms with Gasteiger partial charge in [0.2, 0.25) is 0 Å². The van der Waals surface area contributed by atoms with Crippen LogP contribution in [0.25, 0.3) is 0 Å². The minimum absolute atomic E-state index is 0.179. The maximum atomic E-state index is 13.6. The van der Waals surface area contributed by atoms with Gasteiger partial charge in [0.05, 0.1) is 0 Å². The summed E-state index contributed by atoms with van der Waals surface area (Å²) < 4.78 is 13.6. The molecule has 0 unspecified atom stereocenters. The fraction of sp³-hybridized carbons (Fsp3) is 0.571. The molecule has 1 fully saturated rings. The van der Waals surface area contributed by atoms with Crippen molar-refractivity contribution in [3.05, 3.63) is 34.1 Å². The average Bonchev–Trinajstić information content (AvgIpc) is 2.38. The Bertz CT molecular complexity index is 431. The molecule has 1 heterocycles. The third-order valence-electron chi connectivity index (χ3n) is 3.63. The minimum Gasteiger partial charge on any atom is -0.329 e. The van der Waals surface area contributed by atoms with Crippen molar-refractivity contribution >= 4 is 11.6 Å². The number of rotatable bonds is 4. The van der Waals surface area contributed by atoms with Crippen molar-refractivity contribution in [3.63, 3.8) is 0 Å². The highest BCUT2D eigenvalue weighted by molar-refractivity contribution is 6.31. The first-order valence-electron chi connectivity index (χ1n) is 6.69. The van der Waals surface area contributed by atoms with Crippen molar-refractivity contribution in [3.8, 4) is 0 Å². The van der Waals surface area contributed by atoms with Crippen LogP contribution in [-0.4, -0.2) is 49.1 Å². The number of piperazine rings is 1. The molecule has 3 nitrogen and oxygen atoms in total. The Hall–Kier alpha value is -0.680. The van der Waals surface area contributed by atoms with Crippen LogP contribution >= 0.6 is 11.6 Å². The maximum Gasteiger partial charge on any atom is 0.126 e. The zero-order valence-corrected chi connectivity index (χ0v) is 12.1. The van der Waals surface area contributed by atoms with Crippen LogP contribution < -0.4 is 5.73 Å². The lowest BCUT2D eigenvalue weighted by molar-refractivity contribution is 0.130. The van der Waals surface area contributed by atoms with Gasteiger partial charge in [-0.1, -0.05) is 11.6 Å². The molecule has 1 aliphatic heterocycles. The van der Waals surface area contributed by atoms with E-state index in [1.54, 1.807) is 19.1 Å². The highest BCUT2D eigenvalue weighted by Crippen LogP contribution is 2.22. The van der Waals surface area contributed by atoms with Crippen molar-refractivity contribution in [2.24, 2.45) is 5.73 Å². The molecule has 1 aromatic carbocycles. The SMILES string of the molecule is Cc1cc(Cl)c(CN2CCN(CCN)CC2)cc1F. The van der Waals surface area contributed by atoms with E-state index in [4.69, 9.17) is 17.3 Å². The number of nitrogens with zero attached hydrogens (tertiary/aromatic N) is 2. The number of nitrogens with two attached hydrogens (primary N) is 1. The molecule has 19 heavy (non-hydrogen) atoms. The second-order valence-electron chi connectivity index (χ2n) is 5.10. The van der Waals surface area contributed by atoms with Gasteiger partial charge in [0.15, 0.2) is 0 Å². The largest absolute Gasteiger partial charge is 0.329 e. The zero-order valence-electron chi connectivity index (χ0n) is 11.3. The average molecular weight is 286 g/mol. The van der Waals surface area contributed by atoms with Gasteiger partial charge < -0.3 is 5.73 Å². The lowest BCUT2D eigenvalue weighted by atomic mass is 10.1. The molecule has 2 N–H and O–H groups in total. The lowest BCUT2D eigenvalue weighted by Gasteiger charge is -2.34. The van der Waals surface area contributed by atoms with Crippen molar-refractivity contribution in [1.29, 1.82) is 0 Å². The Morgan fingerprint density at radius 3 is 2.47 bits per heavy atom. The topological polar surface area (TPSA) is 32.5 Å². The fourth-order valence-electron chi connectivity index (χ4n) is 2.40. The van der Waals surface area contributed by atoms with Crippen molar-refractivity contribution in [2.45, 2.75) is 13.5 Å². The number of halogens is 2. The first-order valence-corrected chi connectivity index (χ1v) is 7.07. The predicted molar refractivity (Wildman–Crippen MR) is 76.9 cm³/mol. The van der Waals surface area contributed by atoms with Gasteiger partial charge >= 0.3 is 0 Å². The second-order valence-corrected chi connectivity index (χ2v) is 5.51. The molecule has 106 valence electrons. The van der Waals surface area contributed by atoms with Gasteiger partial charge in [-0.3, -0.25) is 9.80 Å². The predicted octanol–water partition coefficient (Wildman–Crippen LogP) is 1.86. The summed E-state index contributed by atoms with van der Waals surface area (Å²) in [4.78, 5) is 4.66. The molecular formula is C14H21ClFN3. The van der Waals surface area contributed by atoms with E-state index < -0.39 is 0 Å². The highest BCUT2D eigenvalue weighted by atomic mass is 35.5. The molecule has 0 amide bonds. The van der Waals surface area contributed by atoms with Crippen molar-refractivity contribution < 1.29 is 4.39 Å². The van der Waals surface area contributed by atoms with Gasteiger partial charge in [-0.25, -0.2) is 4.39 Å². The summed E-state index contributed by atoms with van der Waals surface area (Å²) in [6, 6.07) is 3.26. The van der Waals surface area contributed by atoms with E-state index in [2.05, 4.69) is 9.80 Å². The van der Waals surface area contributed by atoms with Crippen molar-refractivity contribution in [2.75, 3.05) is 39.3 Å². The molecule has 5 heteroatoms. The summed E-state index contributed by atoms with van der Waals surface area (Å²) in [5.41, 5.74) is 7.02. The molecule has 2 rings (SSSR count).